The molecule has 3 rings (SSSR count). The fraction of sp³-hybridized carbons (Fsp3) is 0.643. The molecule has 0 saturated heterocycles. The third-order valence-corrected chi connectivity index (χ3v) is 5.31. The van der Waals surface area contributed by atoms with Crippen molar-refractivity contribution in [3.8, 4) is 0 Å². The Kier molecular flexibility index (Phi) is 4.96. The minimum absolute atomic E-state index is 0.0235. The number of carbonyl (C=O) groups excluding carboxylic acids is 1. The predicted molar refractivity (Wildman–Crippen MR) is 88.5 cm³/mol. The van der Waals surface area contributed by atoms with Gasteiger partial charge in [0.25, 0.3) is 0 Å². The second kappa shape index (κ2) is 6.96. The van der Waals surface area contributed by atoms with Crippen LogP contribution in [0.15, 0.2) is 8.86 Å². The Morgan fingerprint density at radius 2 is 2.22 bits per heavy atom. The number of thioether (sulfide) groups is 1. The second-order valence-corrected chi connectivity index (χ2v) is 8.14. The van der Waals surface area contributed by atoms with Gasteiger partial charge in [-0.3, -0.25) is 9.69 Å². The maximum atomic E-state index is 11.7. The zero-order chi connectivity index (χ0) is 16.4. The van der Waals surface area contributed by atoms with Crippen molar-refractivity contribution < 1.29 is 9.32 Å². The summed E-state index contributed by atoms with van der Waals surface area (Å²) in [6.07, 6.45) is 2.90. The highest BCUT2D eigenvalue weighted by Crippen LogP contribution is 2.36. The lowest BCUT2D eigenvalue weighted by molar-refractivity contribution is -0.116. The quantitative estimate of drug-likeness (QED) is 0.559. The molecule has 23 heavy (non-hydrogen) atoms. The first kappa shape index (κ1) is 16.4. The van der Waals surface area contributed by atoms with E-state index in [0.717, 1.165) is 29.4 Å². The number of nitrogens with zero attached hydrogens (tertiary/aromatic N) is 5. The van der Waals surface area contributed by atoms with Crippen LogP contribution in [-0.2, 0) is 17.0 Å². The molecule has 0 bridgehead atoms. The zero-order valence-corrected chi connectivity index (χ0v) is 15.0. The van der Waals surface area contributed by atoms with E-state index < -0.39 is 0 Å². The Balaban J connectivity index is 1.58. The van der Waals surface area contributed by atoms with Crippen LogP contribution in [0, 0.1) is 5.92 Å². The highest BCUT2D eigenvalue weighted by molar-refractivity contribution is 8.00. The molecule has 1 aliphatic carbocycles. The van der Waals surface area contributed by atoms with Crippen LogP contribution in [-0.4, -0.2) is 32.3 Å². The number of rotatable bonds is 7. The summed E-state index contributed by atoms with van der Waals surface area (Å²) in [7, 11) is 0. The highest BCUT2D eigenvalue weighted by Gasteiger charge is 2.34. The maximum Gasteiger partial charge on any atom is 0.237 e. The molecule has 0 aliphatic heterocycles. The molecule has 2 aromatic heterocycles. The van der Waals surface area contributed by atoms with Crippen LogP contribution in [0.2, 0.25) is 0 Å². The van der Waals surface area contributed by atoms with Crippen molar-refractivity contribution in [1.82, 2.24) is 20.3 Å². The normalized spacial score (nSPS) is 14.4. The number of carbonyl (C=O) groups is 1. The molecule has 1 amide bonds. The third-order valence-electron chi connectivity index (χ3n) is 3.27. The van der Waals surface area contributed by atoms with Crippen molar-refractivity contribution in [3.05, 3.63) is 11.7 Å². The van der Waals surface area contributed by atoms with Crippen molar-refractivity contribution >= 4 is 34.1 Å². The molecular weight excluding hydrogens is 334 g/mol. The molecule has 0 spiro atoms. The summed E-state index contributed by atoms with van der Waals surface area (Å²) in [5, 5.41) is 12.9. The molecule has 1 aliphatic rings. The summed E-state index contributed by atoms with van der Waals surface area (Å²) < 4.78 is 6.04. The van der Waals surface area contributed by atoms with Crippen molar-refractivity contribution in [3.63, 3.8) is 0 Å². The average Bonchev–Trinajstić information content (AvgIpc) is 3.02. The molecule has 2 aromatic rings. The lowest BCUT2D eigenvalue weighted by Crippen LogP contribution is -2.30. The molecule has 1 saturated carbocycles. The Morgan fingerprint density at radius 3 is 2.87 bits per heavy atom. The smallest absolute Gasteiger partial charge is 0.237 e. The van der Waals surface area contributed by atoms with E-state index in [1.54, 1.807) is 11.8 Å². The largest absolute Gasteiger partial charge is 0.338 e. The third kappa shape index (κ3) is 4.29. The minimum Gasteiger partial charge on any atom is -0.338 e. The fourth-order valence-corrected chi connectivity index (χ4v) is 3.95. The van der Waals surface area contributed by atoms with Gasteiger partial charge >= 0.3 is 0 Å². The van der Waals surface area contributed by atoms with Gasteiger partial charge in [-0.1, -0.05) is 42.1 Å². The van der Waals surface area contributed by atoms with Crippen molar-refractivity contribution in [2.75, 3.05) is 4.90 Å². The van der Waals surface area contributed by atoms with E-state index in [2.05, 4.69) is 34.2 Å². The van der Waals surface area contributed by atoms with Gasteiger partial charge in [-0.05, 0) is 18.8 Å². The van der Waals surface area contributed by atoms with E-state index in [1.807, 2.05) is 0 Å². The van der Waals surface area contributed by atoms with Crippen LogP contribution in [0.3, 0.4) is 0 Å². The Bertz CT molecular complexity index is 680. The maximum absolute atomic E-state index is 11.7. The van der Waals surface area contributed by atoms with Crippen LogP contribution in [0.4, 0.5) is 5.13 Å². The zero-order valence-electron chi connectivity index (χ0n) is 13.4. The number of hydrogen-bond acceptors (Lipinski definition) is 8. The summed E-state index contributed by atoms with van der Waals surface area (Å²) in [6, 6.07) is 0.299. The summed E-state index contributed by atoms with van der Waals surface area (Å²) in [6.45, 7) is 5.81. The van der Waals surface area contributed by atoms with Crippen LogP contribution < -0.4 is 4.90 Å². The van der Waals surface area contributed by atoms with Crippen molar-refractivity contribution in [2.45, 2.75) is 56.2 Å². The van der Waals surface area contributed by atoms with Gasteiger partial charge in [0.1, 0.15) is 0 Å². The second-order valence-electron chi connectivity index (χ2n) is 5.96. The van der Waals surface area contributed by atoms with Gasteiger partial charge in [0.15, 0.2) is 10.2 Å². The Morgan fingerprint density at radius 1 is 1.43 bits per heavy atom. The number of hydrogen-bond donors (Lipinski definition) is 0. The first-order valence-corrected chi connectivity index (χ1v) is 9.40. The average molecular weight is 353 g/mol. The van der Waals surface area contributed by atoms with E-state index in [-0.39, 0.29) is 5.91 Å². The number of amides is 1. The lowest BCUT2D eigenvalue weighted by atomic mass is 10.1. The molecule has 1 fully saturated rings. The molecule has 2 heterocycles. The van der Waals surface area contributed by atoms with E-state index in [4.69, 9.17) is 4.52 Å². The molecule has 0 unspecified atom stereocenters. The monoisotopic (exact) mass is 353 g/mol. The highest BCUT2D eigenvalue weighted by atomic mass is 32.2. The molecular formula is C14H19N5O2S2. The van der Waals surface area contributed by atoms with Crippen molar-refractivity contribution in [2.24, 2.45) is 5.92 Å². The van der Waals surface area contributed by atoms with E-state index in [1.165, 1.54) is 23.1 Å². The van der Waals surface area contributed by atoms with Gasteiger partial charge in [-0.2, -0.15) is 4.98 Å². The summed E-state index contributed by atoms with van der Waals surface area (Å²) in [5.41, 5.74) is 0. The van der Waals surface area contributed by atoms with E-state index in [9.17, 15) is 4.79 Å². The molecule has 0 atom stereocenters. The number of anilines is 1. The minimum atomic E-state index is 0.0235. The summed E-state index contributed by atoms with van der Waals surface area (Å²) >= 11 is 2.93. The Labute approximate surface area is 142 Å². The first-order valence-electron chi connectivity index (χ1n) is 7.60. The van der Waals surface area contributed by atoms with Gasteiger partial charge in [0.05, 0.1) is 5.75 Å². The molecule has 0 aromatic carbocycles. The SMILES string of the molecule is CC(=O)N(c1nnc(SCc2nc(CC(C)C)no2)s1)C1CC1. The van der Waals surface area contributed by atoms with Gasteiger partial charge in [0.2, 0.25) is 16.9 Å². The van der Waals surface area contributed by atoms with E-state index >= 15 is 0 Å². The predicted octanol–water partition coefficient (Wildman–Crippen LogP) is 2.93. The summed E-state index contributed by atoms with van der Waals surface area (Å²) in [4.78, 5) is 17.8. The topological polar surface area (TPSA) is 85.0 Å². The Hall–Kier alpha value is -1.48. The number of aromatic nitrogens is 4. The lowest BCUT2D eigenvalue weighted by Gasteiger charge is -2.15. The summed E-state index contributed by atoms with van der Waals surface area (Å²) in [5.74, 6) is 2.41. The van der Waals surface area contributed by atoms with Crippen LogP contribution in [0.25, 0.3) is 0 Å². The van der Waals surface area contributed by atoms with Crippen molar-refractivity contribution in [1.29, 1.82) is 0 Å². The molecule has 7 nitrogen and oxygen atoms in total. The van der Waals surface area contributed by atoms with Gasteiger partial charge in [-0.15, -0.1) is 10.2 Å². The first-order chi connectivity index (χ1) is 11.0. The van der Waals surface area contributed by atoms with E-state index in [0.29, 0.717) is 28.7 Å². The van der Waals surface area contributed by atoms with Crippen LogP contribution >= 0.6 is 23.1 Å². The molecule has 0 N–H and O–H groups in total. The molecule has 9 heteroatoms. The van der Waals surface area contributed by atoms with Crippen LogP contribution in [0.1, 0.15) is 45.3 Å². The molecule has 124 valence electrons. The fourth-order valence-electron chi connectivity index (χ4n) is 2.16. The van der Waals surface area contributed by atoms with Gasteiger partial charge < -0.3 is 4.52 Å². The van der Waals surface area contributed by atoms with Gasteiger partial charge in [-0.25, -0.2) is 0 Å². The standard InChI is InChI=1S/C14H19N5O2S2/c1-8(2)6-11-15-12(21-18-11)7-22-14-17-16-13(23-14)19(9(3)20)10-4-5-10/h8,10H,4-7H2,1-3H3. The van der Waals surface area contributed by atoms with Gasteiger partial charge in [0, 0.05) is 19.4 Å². The molecule has 0 radical (unpaired) electrons. The van der Waals surface area contributed by atoms with Crippen LogP contribution in [0.5, 0.6) is 0 Å².